The van der Waals surface area contributed by atoms with Crippen LogP contribution in [-0.2, 0) is 11.2 Å². The molecule has 0 aliphatic heterocycles. The van der Waals surface area contributed by atoms with Crippen LogP contribution in [0, 0.1) is 0 Å². The summed E-state index contributed by atoms with van der Waals surface area (Å²) in [6.07, 6.45) is 4.36. The second-order valence-electron chi connectivity index (χ2n) is 4.55. The molecule has 106 valence electrons. The molecule has 0 unspecified atom stereocenters. The lowest BCUT2D eigenvalue weighted by atomic mass is 10.1. The molecule has 0 aliphatic rings. The van der Waals surface area contributed by atoms with Crippen LogP contribution in [0.5, 0.6) is 5.75 Å². The first-order chi connectivity index (χ1) is 9.26. The smallest absolute Gasteiger partial charge is 0.220 e. The molecular weight excluding hydrogens is 240 g/mol. The third-order valence-electron chi connectivity index (χ3n) is 2.98. The highest BCUT2D eigenvalue weighted by molar-refractivity contribution is 5.75. The lowest BCUT2D eigenvalue weighted by Gasteiger charge is -2.06. The van der Waals surface area contributed by atoms with Crippen LogP contribution >= 0.6 is 0 Å². The standard InChI is InChI=1S/C15H24N2O2/c1-19-14-7-5-6-13(12-14)9-11-17-15(18)8-3-2-4-10-16/h5-7,12H,2-4,8-11,16H2,1H3,(H,17,18). The van der Waals surface area contributed by atoms with Crippen molar-refractivity contribution in [1.29, 1.82) is 0 Å². The Bertz CT molecular complexity index is 380. The van der Waals surface area contributed by atoms with Crippen molar-refractivity contribution >= 4 is 5.91 Å². The topological polar surface area (TPSA) is 64.3 Å². The van der Waals surface area contributed by atoms with E-state index in [2.05, 4.69) is 5.32 Å². The number of carbonyl (C=O) groups is 1. The number of methoxy groups -OCH3 is 1. The fourth-order valence-corrected chi connectivity index (χ4v) is 1.87. The van der Waals surface area contributed by atoms with Gasteiger partial charge in [-0.25, -0.2) is 0 Å². The summed E-state index contributed by atoms with van der Waals surface area (Å²) in [7, 11) is 1.65. The molecule has 0 fully saturated rings. The lowest BCUT2D eigenvalue weighted by molar-refractivity contribution is -0.121. The zero-order chi connectivity index (χ0) is 13.9. The molecule has 0 radical (unpaired) electrons. The average Bonchev–Trinajstić information content (AvgIpc) is 2.44. The van der Waals surface area contributed by atoms with Gasteiger partial charge in [-0.2, -0.15) is 0 Å². The highest BCUT2D eigenvalue weighted by Gasteiger charge is 2.01. The van der Waals surface area contributed by atoms with Gasteiger partial charge in [-0.1, -0.05) is 18.6 Å². The van der Waals surface area contributed by atoms with E-state index >= 15 is 0 Å². The summed E-state index contributed by atoms with van der Waals surface area (Å²) in [5.74, 6) is 0.977. The van der Waals surface area contributed by atoms with Gasteiger partial charge < -0.3 is 15.8 Å². The summed E-state index contributed by atoms with van der Waals surface area (Å²) in [5, 5.41) is 2.93. The molecule has 0 heterocycles. The maximum atomic E-state index is 11.6. The Labute approximate surface area is 115 Å². The number of nitrogens with two attached hydrogens (primary N) is 1. The van der Waals surface area contributed by atoms with Crippen molar-refractivity contribution in [3.05, 3.63) is 29.8 Å². The number of benzene rings is 1. The normalized spacial score (nSPS) is 10.2. The molecule has 19 heavy (non-hydrogen) atoms. The Balaban J connectivity index is 2.16. The van der Waals surface area contributed by atoms with Gasteiger partial charge >= 0.3 is 0 Å². The summed E-state index contributed by atoms with van der Waals surface area (Å²) in [5.41, 5.74) is 6.57. The van der Waals surface area contributed by atoms with Crippen molar-refractivity contribution in [1.82, 2.24) is 5.32 Å². The molecule has 4 nitrogen and oxygen atoms in total. The van der Waals surface area contributed by atoms with Crippen LogP contribution in [0.25, 0.3) is 0 Å². The minimum atomic E-state index is 0.125. The first-order valence-electron chi connectivity index (χ1n) is 6.86. The van der Waals surface area contributed by atoms with Gasteiger partial charge in [-0.3, -0.25) is 4.79 Å². The Morgan fingerprint density at radius 1 is 1.32 bits per heavy atom. The molecule has 0 aliphatic carbocycles. The Morgan fingerprint density at radius 2 is 2.16 bits per heavy atom. The fraction of sp³-hybridized carbons (Fsp3) is 0.533. The van der Waals surface area contributed by atoms with Gasteiger partial charge in [-0.15, -0.1) is 0 Å². The van der Waals surface area contributed by atoms with Gasteiger partial charge in [0.05, 0.1) is 7.11 Å². The molecule has 0 bridgehead atoms. The largest absolute Gasteiger partial charge is 0.497 e. The zero-order valence-corrected chi connectivity index (χ0v) is 11.7. The van der Waals surface area contributed by atoms with Crippen molar-refractivity contribution in [2.45, 2.75) is 32.1 Å². The lowest BCUT2D eigenvalue weighted by Crippen LogP contribution is -2.25. The Morgan fingerprint density at radius 3 is 2.89 bits per heavy atom. The van der Waals surface area contributed by atoms with E-state index in [9.17, 15) is 4.79 Å². The van der Waals surface area contributed by atoms with Gasteiger partial charge in [0, 0.05) is 13.0 Å². The Hall–Kier alpha value is -1.55. The third-order valence-corrected chi connectivity index (χ3v) is 2.98. The van der Waals surface area contributed by atoms with E-state index in [-0.39, 0.29) is 5.91 Å². The summed E-state index contributed by atoms with van der Waals surface area (Å²) in [4.78, 5) is 11.6. The number of amides is 1. The van der Waals surface area contributed by atoms with E-state index in [1.165, 1.54) is 5.56 Å². The molecule has 1 aromatic rings. The van der Waals surface area contributed by atoms with Crippen molar-refractivity contribution in [2.75, 3.05) is 20.2 Å². The molecule has 0 saturated carbocycles. The molecular formula is C15H24N2O2. The first kappa shape index (κ1) is 15.5. The number of rotatable bonds is 9. The summed E-state index contributed by atoms with van der Waals surface area (Å²) >= 11 is 0. The molecule has 1 amide bonds. The molecule has 4 heteroatoms. The summed E-state index contributed by atoms with van der Waals surface area (Å²) < 4.78 is 5.16. The van der Waals surface area contributed by atoms with E-state index in [0.717, 1.165) is 31.4 Å². The number of unbranched alkanes of at least 4 members (excludes halogenated alkanes) is 2. The van der Waals surface area contributed by atoms with Crippen molar-refractivity contribution in [3.63, 3.8) is 0 Å². The van der Waals surface area contributed by atoms with E-state index in [4.69, 9.17) is 10.5 Å². The van der Waals surface area contributed by atoms with Crippen LogP contribution in [0.15, 0.2) is 24.3 Å². The minimum Gasteiger partial charge on any atom is -0.497 e. The van der Waals surface area contributed by atoms with Gasteiger partial charge in [0.25, 0.3) is 0 Å². The van der Waals surface area contributed by atoms with E-state index in [1.807, 2.05) is 24.3 Å². The maximum Gasteiger partial charge on any atom is 0.220 e. The average molecular weight is 264 g/mol. The zero-order valence-electron chi connectivity index (χ0n) is 11.7. The SMILES string of the molecule is COc1cccc(CCNC(=O)CCCCCN)c1. The van der Waals surface area contributed by atoms with Crippen LogP contribution in [0.2, 0.25) is 0 Å². The van der Waals surface area contributed by atoms with Gasteiger partial charge in [-0.05, 0) is 43.5 Å². The van der Waals surface area contributed by atoms with Crippen molar-refractivity contribution in [3.8, 4) is 5.75 Å². The van der Waals surface area contributed by atoms with Crippen LogP contribution in [0.1, 0.15) is 31.2 Å². The first-order valence-corrected chi connectivity index (χ1v) is 6.86. The fourth-order valence-electron chi connectivity index (χ4n) is 1.87. The molecule has 3 N–H and O–H groups in total. The Kier molecular flexibility index (Phi) is 7.66. The van der Waals surface area contributed by atoms with Gasteiger partial charge in [0.2, 0.25) is 5.91 Å². The van der Waals surface area contributed by atoms with Crippen molar-refractivity contribution in [2.24, 2.45) is 5.73 Å². The van der Waals surface area contributed by atoms with Crippen molar-refractivity contribution < 1.29 is 9.53 Å². The predicted octanol–water partition coefficient (Wildman–Crippen LogP) is 1.87. The van der Waals surface area contributed by atoms with Gasteiger partial charge in [0.15, 0.2) is 0 Å². The highest BCUT2D eigenvalue weighted by Crippen LogP contribution is 2.12. The number of hydrogen-bond donors (Lipinski definition) is 2. The molecule has 0 aromatic heterocycles. The highest BCUT2D eigenvalue weighted by atomic mass is 16.5. The second kappa shape index (κ2) is 9.39. The maximum absolute atomic E-state index is 11.6. The summed E-state index contributed by atoms with van der Waals surface area (Å²) in [6.45, 7) is 1.38. The molecule has 1 aromatic carbocycles. The molecule has 0 atom stereocenters. The molecule has 1 rings (SSSR count). The predicted molar refractivity (Wildman–Crippen MR) is 77.2 cm³/mol. The van der Waals surface area contributed by atoms with Crippen LogP contribution < -0.4 is 15.8 Å². The quantitative estimate of drug-likeness (QED) is 0.669. The van der Waals surface area contributed by atoms with E-state index in [0.29, 0.717) is 19.5 Å². The van der Waals surface area contributed by atoms with Crippen LogP contribution in [-0.4, -0.2) is 26.1 Å². The van der Waals surface area contributed by atoms with E-state index in [1.54, 1.807) is 7.11 Å². The number of carbonyl (C=O) groups excluding carboxylic acids is 1. The van der Waals surface area contributed by atoms with Gasteiger partial charge in [0.1, 0.15) is 5.75 Å². The number of nitrogens with one attached hydrogen (secondary N) is 1. The number of ether oxygens (including phenoxy) is 1. The number of hydrogen-bond acceptors (Lipinski definition) is 3. The van der Waals surface area contributed by atoms with Crippen LogP contribution in [0.4, 0.5) is 0 Å². The van der Waals surface area contributed by atoms with Crippen LogP contribution in [0.3, 0.4) is 0 Å². The third kappa shape index (κ3) is 6.82. The molecule has 0 saturated heterocycles. The summed E-state index contributed by atoms with van der Waals surface area (Å²) in [6, 6.07) is 7.91. The van der Waals surface area contributed by atoms with E-state index < -0.39 is 0 Å². The monoisotopic (exact) mass is 264 g/mol. The second-order valence-corrected chi connectivity index (χ2v) is 4.55. The molecule has 0 spiro atoms. The minimum absolute atomic E-state index is 0.125.